The minimum Gasteiger partial charge on any atom is -0.494 e. The van der Waals surface area contributed by atoms with Crippen LogP contribution in [0.4, 0.5) is 0 Å². The highest BCUT2D eigenvalue weighted by Crippen LogP contribution is 2.27. The van der Waals surface area contributed by atoms with Crippen LogP contribution < -0.4 is 20.1 Å². The second-order valence-corrected chi connectivity index (χ2v) is 15.0. The van der Waals surface area contributed by atoms with E-state index >= 15 is 0 Å². The molecule has 0 amide bonds. The number of nitrogens with zero attached hydrogens (tertiary/aromatic N) is 4. The number of benzene rings is 2. The first-order valence-corrected chi connectivity index (χ1v) is 19.4. The Morgan fingerprint density at radius 1 is 0.632 bits per heavy atom. The van der Waals surface area contributed by atoms with Gasteiger partial charge in [-0.1, -0.05) is 11.8 Å². The molecule has 0 unspecified atom stereocenters. The molecule has 0 atom stereocenters. The van der Waals surface area contributed by atoms with Gasteiger partial charge in [0, 0.05) is 60.4 Å². The van der Waals surface area contributed by atoms with Crippen molar-refractivity contribution in [3.8, 4) is 36.2 Å². The second-order valence-electron chi connectivity index (χ2n) is 15.0. The maximum absolute atomic E-state index is 6.01. The molecule has 0 bridgehead atoms. The molecule has 2 aliphatic heterocycles. The van der Waals surface area contributed by atoms with Gasteiger partial charge < -0.3 is 34.7 Å². The van der Waals surface area contributed by atoms with Crippen LogP contribution in [0, 0.1) is 36.5 Å². The van der Waals surface area contributed by atoms with E-state index in [1.165, 1.54) is 97.9 Å². The molecular weight excluding hydrogens is 802 g/mol. The van der Waals surface area contributed by atoms with Crippen LogP contribution in [0.25, 0.3) is 21.8 Å². The van der Waals surface area contributed by atoms with Gasteiger partial charge in [-0.3, -0.25) is 9.80 Å². The molecular formula is C44H68Cl4N6O3. The van der Waals surface area contributed by atoms with Crippen molar-refractivity contribution in [2.24, 2.45) is 25.9 Å². The van der Waals surface area contributed by atoms with E-state index in [1.807, 2.05) is 0 Å². The van der Waals surface area contributed by atoms with Gasteiger partial charge in [-0.25, -0.2) is 0 Å². The SMILES string of the molecule is C#CCN(C)Cc1cc2cc(OCCCC3CCNCC3)ccc2n1C.C#CCN(C)Cc1cc2cc(OCCCC3CCNCC3)ccc2n1C.Cl.Cl.Cl.Cl.O. The Kier molecular flexibility index (Phi) is 27.2. The van der Waals surface area contributed by atoms with Crippen LogP contribution in [0.3, 0.4) is 0 Å². The number of aryl methyl sites for hydroxylation is 2. The van der Waals surface area contributed by atoms with Crippen LogP contribution in [0.1, 0.15) is 62.8 Å². The van der Waals surface area contributed by atoms with Crippen molar-refractivity contribution >= 4 is 71.4 Å². The fourth-order valence-electron chi connectivity index (χ4n) is 7.69. The van der Waals surface area contributed by atoms with Crippen molar-refractivity contribution in [1.82, 2.24) is 29.6 Å². The summed E-state index contributed by atoms with van der Waals surface area (Å²) in [6.45, 7) is 9.33. The smallest absolute Gasteiger partial charge is 0.120 e. The molecule has 9 nitrogen and oxygen atoms in total. The lowest BCUT2D eigenvalue weighted by Crippen LogP contribution is -2.27. The van der Waals surface area contributed by atoms with E-state index in [4.69, 9.17) is 22.3 Å². The van der Waals surface area contributed by atoms with Crippen LogP contribution in [-0.4, -0.2) is 91.0 Å². The van der Waals surface area contributed by atoms with E-state index in [-0.39, 0.29) is 55.1 Å². The zero-order valence-corrected chi connectivity index (χ0v) is 37.7. The summed E-state index contributed by atoms with van der Waals surface area (Å²) in [7, 11) is 8.32. The number of ether oxygens (including phenoxy) is 2. The summed E-state index contributed by atoms with van der Waals surface area (Å²) in [6, 6.07) is 17.3. The first-order valence-electron chi connectivity index (χ1n) is 19.4. The Hall–Kier alpha value is -2.80. The van der Waals surface area contributed by atoms with Crippen molar-refractivity contribution in [3.63, 3.8) is 0 Å². The second kappa shape index (κ2) is 28.6. The Labute approximate surface area is 367 Å². The highest BCUT2D eigenvalue weighted by atomic mass is 35.5. The van der Waals surface area contributed by atoms with Crippen LogP contribution in [-0.2, 0) is 27.2 Å². The Morgan fingerprint density at radius 3 is 1.35 bits per heavy atom. The molecule has 0 radical (unpaired) electrons. The number of fused-ring (bicyclic) bond motifs is 2. The molecule has 4 aromatic rings. The molecule has 0 aliphatic carbocycles. The summed E-state index contributed by atoms with van der Waals surface area (Å²) in [5.74, 6) is 9.08. The predicted octanol–water partition coefficient (Wildman–Crippen LogP) is 7.67. The third-order valence-electron chi connectivity index (χ3n) is 10.8. The lowest BCUT2D eigenvalue weighted by molar-refractivity contribution is 0.274. The third-order valence-corrected chi connectivity index (χ3v) is 10.8. The van der Waals surface area contributed by atoms with E-state index < -0.39 is 0 Å². The summed E-state index contributed by atoms with van der Waals surface area (Å²) in [6.07, 6.45) is 20.9. The summed E-state index contributed by atoms with van der Waals surface area (Å²) >= 11 is 0. The number of hydrogen-bond acceptors (Lipinski definition) is 6. The van der Waals surface area contributed by atoms with Gasteiger partial charge in [-0.05, 0) is 152 Å². The summed E-state index contributed by atoms with van der Waals surface area (Å²) in [5, 5.41) is 9.31. The van der Waals surface area contributed by atoms with Gasteiger partial charge in [0.1, 0.15) is 11.5 Å². The Bertz CT molecular complexity index is 1660. The number of terminal acetylenes is 2. The maximum atomic E-state index is 6.01. The predicted molar refractivity (Wildman–Crippen MR) is 249 cm³/mol. The van der Waals surface area contributed by atoms with Crippen LogP contribution >= 0.6 is 49.6 Å². The maximum Gasteiger partial charge on any atom is 0.120 e. The number of piperidine rings is 2. The van der Waals surface area contributed by atoms with Gasteiger partial charge in [-0.15, -0.1) is 62.5 Å². The number of nitrogens with one attached hydrogen (secondary N) is 2. The summed E-state index contributed by atoms with van der Waals surface area (Å²) < 4.78 is 16.5. The van der Waals surface area contributed by atoms with Crippen molar-refractivity contribution in [2.75, 3.05) is 66.6 Å². The third kappa shape index (κ3) is 16.8. The molecule has 2 aromatic heterocycles. The molecule has 2 aromatic carbocycles. The zero-order chi connectivity index (χ0) is 36.7. The van der Waals surface area contributed by atoms with Gasteiger partial charge in [0.05, 0.1) is 26.3 Å². The molecule has 2 aliphatic rings. The number of hydrogen-bond donors (Lipinski definition) is 2. The fraction of sp³-hybridized carbons (Fsp3) is 0.545. The van der Waals surface area contributed by atoms with Gasteiger partial charge in [-0.2, -0.15) is 0 Å². The Morgan fingerprint density at radius 2 is 1.00 bits per heavy atom. The van der Waals surface area contributed by atoms with Gasteiger partial charge in [0.25, 0.3) is 0 Å². The van der Waals surface area contributed by atoms with Gasteiger partial charge >= 0.3 is 0 Å². The van der Waals surface area contributed by atoms with Crippen molar-refractivity contribution in [3.05, 3.63) is 59.9 Å². The van der Waals surface area contributed by atoms with E-state index in [0.29, 0.717) is 13.1 Å². The molecule has 0 saturated carbocycles. The molecule has 57 heavy (non-hydrogen) atoms. The molecule has 2 saturated heterocycles. The molecule has 4 heterocycles. The van der Waals surface area contributed by atoms with Gasteiger partial charge in [0.2, 0.25) is 0 Å². The highest BCUT2D eigenvalue weighted by Gasteiger charge is 2.14. The largest absolute Gasteiger partial charge is 0.494 e. The zero-order valence-electron chi connectivity index (χ0n) is 34.4. The van der Waals surface area contributed by atoms with Crippen LogP contribution in [0.2, 0.25) is 0 Å². The van der Waals surface area contributed by atoms with Crippen LogP contribution in [0.15, 0.2) is 48.5 Å². The molecule has 320 valence electrons. The first-order chi connectivity index (χ1) is 25.3. The molecule has 0 spiro atoms. The highest BCUT2D eigenvalue weighted by molar-refractivity contribution is 5.86. The molecule has 13 heteroatoms. The minimum atomic E-state index is 0. The van der Waals surface area contributed by atoms with E-state index in [0.717, 1.165) is 62.5 Å². The first kappa shape index (κ1) is 54.2. The van der Waals surface area contributed by atoms with Crippen molar-refractivity contribution in [1.29, 1.82) is 0 Å². The lowest BCUT2D eigenvalue weighted by Gasteiger charge is -2.22. The quantitative estimate of drug-likeness (QED) is 0.0889. The lowest BCUT2D eigenvalue weighted by atomic mass is 9.93. The normalized spacial score (nSPS) is 14.1. The van der Waals surface area contributed by atoms with E-state index in [1.54, 1.807) is 0 Å². The van der Waals surface area contributed by atoms with Crippen molar-refractivity contribution < 1.29 is 14.9 Å². The topological polar surface area (TPSA) is 90.4 Å². The van der Waals surface area contributed by atoms with E-state index in [2.05, 4.69) is 118 Å². The monoisotopic (exact) mass is 868 g/mol. The van der Waals surface area contributed by atoms with Crippen LogP contribution in [0.5, 0.6) is 11.5 Å². The average Bonchev–Trinajstić information content (AvgIpc) is 3.63. The van der Waals surface area contributed by atoms with E-state index in [9.17, 15) is 0 Å². The fourth-order valence-corrected chi connectivity index (χ4v) is 7.69. The number of rotatable bonds is 16. The Balaban J connectivity index is 0.00000101. The average molecular weight is 871 g/mol. The van der Waals surface area contributed by atoms with Gasteiger partial charge in [0.15, 0.2) is 0 Å². The molecule has 2 fully saturated rings. The standard InChI is InChI=1S/2C22H31N3O.4ClH.H2O/c2*1-4-13-24(2)17-20-15-19-16-21(7-8-22(19)25(20)3)26-14-5-6-18-9-11-23-12-10-18;;;;;/h2*1,7-8,15-16,18,23H,5-6,9-14,17H2,2-3H3;4*1H;1H2. The van der Waals surface area contributed by atoms with Crippen molar-refractivity contribution in [2.45, 2.75) is 64.5 Å². The minimum absolute atomic E-state index is 0. The molecule has 4 N–H and O–H groups in total. The summed E-state index contributed by atoms with van der Waals surface area (Å²) in [5.41, 5.74) is 4.99. The number of aromatic nitrogens is 2. The molecule has 6 rings (SSSR count). The summed E-state index contributed by atoms with van der Waals surface area (Å²) in [4.78, 5) is 4.29. The number of halogens is 4.